The zero-order valence-corrected chi connectivity index (χ0v) is 24.7. The van der Waals surface area contributed by atoms with Crippen molar-refractivity contribution in [3.8, 4) is 0 Å². The fourth-order valence-corrected chi connectivity index (χ4v) is 6.27. The van der Waals surface area contributed by atoms with Crippen LogP contribution in [0.15, 0.2) is 93.1 Å². The van der Waals surface area contributed by atoms with E-state index in [-0.39, 0.29) is 11.1 Å². The molecule has 6 rings (SSSR count). The predicted octanol–water partition coefficient (Wildman–Crippen LogP) is 7.83. The number of rotatable bonds is 11. The summed E-state index contributed by atoms with van der Waals surface area (Å²) >= 11 is 3.30. The van der Waals surface area contributed by atoms with Crippen LogP contribution in [0.5, 0.6) is 0 Å². The Labute approximate surface area is 251 Å². The second kappa shape index (κ2) is 13.1. The van der Waals surface area contributed by atoms with E-state index in [1.54, 1.807) is 31.8 Å². The second-order valence-electron chi connectivity index (χ2n) is 10.00. The van der Waals surface area contributed by atoms with Gasteiger partial charge in [0.2, 0.25) is 0 Å². The van der Waals surface area contributed by atoms with Crippen LogP contribution in [0.1, 0.15) is 47.1 Å². The number of nitrogens with zero attached hydrogens (tertiary/aromatic N) is 4. The van der Waals surface area contributed by atoms with Gasteiger partial charge in [-0.05, 0) is 84.3 Å². The number of fused-ring (bicyclic) bond motifs is 2. The first-order valence-corrected chi connectivity index (χ1v) is 15.9. The molecule has 42 heavy (non-hydrogen) atoms. The van der Waals surface area contributed by atoms with E-state index in [2.05, 4.69) is 0 Å². The van der Waals surface area contributed by atoms with Gasteiger partial charge in [0.25, 0.3) is 11.1 Å². The highest BCUT2D eigenvalue weighted by Crippen LogP contribution is 2.17. The molecule has 0 fully saturated rings. The predicted molar refractivity (Wildman–Crippen MR) is 177 cm³/mol. The number of aromatic nitrogens is 4. The Hall–Kier alpha value is -4.40. The van der Waals surface area contributed by atoms with Gasteiger partial charge in [-0.25, -0.2) is 9.97 Å². The van der Waals surface area contributed by atoms with E-state index in [0.29, 0.717) is 46.5 Å². The van der Waals surface area contributed by atoms with Crippen molar-refractivity contribution in [1.82, 2.24) is 19.1 Å². The number of thiophene rings is 2. The number of unbranched alkanes of at least 4 members (excludes halogenated alkanes) is 3. The molecule has 0 aliphatic rings. The zero-order valence-electron chi connectivity index (χ0n) is 23.1. The Morgan fingerprint density at radius 1 is 0.548 bits per heavy atom. The highest BCUT2D eigenvalue weighted by atomic mass is 32.1. The minimum absolute atomic E-state index is 0.0117. The van der Waals surface area contributed by atoms with Gasteiger partial charge in [-0.3, -0.25) is 18.7 Å². The third-order valence-electron chi connectivity index (χ3n) is 7.18. The van der Waals surface area contributed by atoms with Crippen molar-refractivity contribution >= 4 is 68.8 Å². The first-order chi connectivity index (χ1) is 20.7. The Bertz CT molecular complexity index is 1840. The molecular weight excluding hydrogens is 561 g/mol. The normalized spacial score (nSPS) is 11.9. The van der Waals surface area contributed by atoms with Crippen molar-refractivity contribution in [2.75, 3.05) is 0 Å². The lowest BCUT2D eigenvalue weighted by Gasteiger charge is -2.12. The van der Waals surface area contributed by atoms with Gasteiger partial charge in [0, 0.05) is 22.8 Å². The lowest BCUT2D eigenvalue weighted by molar-refractivity contribution is 0.523. The summed E-state index contributed by atoms with van der Waals surface area (Å²) in [5.74, 6) is 1.34. The Balaban J connectivity index is 1.15. The maximum Gasteiger partial charge on any atom is 0.261 e. The quantitative estimate of drug-likeness (QED) is 0.144. The maximum atomic E-state index is 13.4. The molecule has 2 aromatic carbocycles. The van der Waals surface area contributed by atoms with Crippen LogP contribution in [0, 0.1) is 0 Å². The van der Waals surface area contributed by atoms with Gasteiger partial charge in [0.15, 0.2) is 0 Å². The Morgan fingerprint density at radius 3 is 1.43 bits per heavy atom. The summed E-state index contributed by atoms with van der Waals surface area (Å²) in [7, 11) is 0. The molecule has 0 N–H and O–H groups in total. The number of hydrogen-bond acceptors (Lipinski definition) is 6. The summed E-state index contributed by atoms with van der Waals surface area (Å²) in [5, 5.41) is 5.34. The molecule has 0 aliphatic heterocycles. The molecular formula is C34H30N4O2S2. The highest BCUT2D eigenvalue weighted by molar-refractivity contribution is 7.11. The molecule has 210 valence electrons. The molecule has 8 heteroatoms. The van der Waals surface area contributed by atoms with E-state index in [0.717, 1.165) is 35.4 Å². The molecule has 0 radical (unpaired) electrons. The van der Waals surface area contributed by atoms with E-state index < -0.39 is 0 Å². The molecule has 6 nitrogen and oxygen atoms in total. The van der Waals surface area contributed by atoms with Gasteiger partial charge in [0.1, 0.15) is 11.6 Å². The lowest BCUT2D eigenvalue weighted by Crippen LogP contribution is -2.24. The van der Waals surface area contributed by atoms with Crippen LogP contribution in [0.3, 0.4) is 0 Å². The molecule has 0 aliphatic carbocycles. The molecule has 4 aromatic heterocycles. The van der Waals surface area contributed by atoms with Crippen molar-refractivity contribution in [2.45, 2.75) is 38.8 Å². The van der Waals surface area contributed by atoms with Gasteiger partial charge in [0.05, 0.1) is 21.8 Å². The zero-order chi connectivity index (χ0) is 28.7. The van der Waals surface area contributed by atoms with Gasteiger partial charge >= 0.3 is 0 Å². The number of para-hydroxylation sites is 2. The molecule has 0 amide bonds. The summed E-state index contributed by atoms with van der Waals surface area (Å²) in [6.45, 7) is 1.18. The molecule has 0 spiro atoms. The van der Waals surface area contributed by atoms with Crippen molar-refractivity contribution in [3.05, 3.63) is 126 Å². The SMILES string of the molecule is O=c1c2ccccc2nc(/C=C/c2cccs2)n1CCCCCCn1c(/C=C/c2cccs2)nc2ccccc2c1=O. The third kappa shape index (κ3) is 6.25. The smallest absolute Gasteiger partial charge is 0.261 e. The van der Waals surface area contributed by atoms with E-state index >= 15 is 0 Å². The van der Waals surface area contributed by atoms with E-state index in [1.165, 1.54) is 0 Å². The fourth-order valence-electron chi connectivity index (χ4n) is 5.04. The first kappa shape index (κ1) is 27.8. The largest absolute Gasteiger partial charge is 0.293 e. The summed E-state index contributed by atoms with van der Waals surface area (Å²) in [5.41, 5.74) is 1.40. The van der Waals surface area contributed by atoms with E-state index in [9.17, 15) is 9.59 Å². The first-order valence-electron chi connectivity index (χ1n) is 14.1. The van der Waals surface area contributed by atoms with Crippen LogP contribution in [-0.4, -0.2) is 19.1 Å². The maximum absolute atomic E-state index is 13.4. The minimum Gasteiger partial charge on any atom is -0.293 e. The molecule has 0 unspecified atom stereocenters. The van der Waals surface area contributed by atoms with Gasteiger partial charge in [-0.2, -0.15) is 0 Å². The average Bonchev–Trinajstić information content (AvgIpc) is 3.74. The summed E-state index contributed by atoms with van der Waals surface area (Å²) < 4.78 is 3.58. The minimum atomic E-state index is -0.0117. The third-order valence-corrected chi connectivity index (χ3v) is 8.85. The topological polar surface area (TPSA) is 69.8 Å². The molecule has 0 bridgehead atoms. The molecule has 0 saturated heterocycles. The van der Waals surface area contributed by atoms with E-state index in [4.69, 9.17) is 9.97 Å². The van der Waals surface area contributed by atoms with Crippen LogP contribution in [0.2, 0.25) is 0 Å². The van der Waals surface area contributed by atoms with Crippen LogP contribution in [-0.2, 0) is 13.1 Å². The Kier molecular flexibility index (Phi) is 8.63. The van der Waals surface area contributed by atoms with E-state index in [1.807, 2.05) is 108 Å². The van der Waals surface area contributed by atoms with Gasteiger partial charge in [-0.15, -0.1) is 22.7 Å². The average molecular weight is 591 g/mol. The molecule has 0 saturated carbocycles. The van der Waals surface area contributed by atoms with Crippen LogP contribution in [0.25, 0.3) is 46.1 Å². The van der Waals surface area contributed by atoms with Gasteiger partial charge in [-0.1, -0.05) is 49.2 Å². The highest BCUT2D eigenvalue weighted by Gasteiger charge is 2.11. The van der Waals surface area contributed by atoms with Crippen molar-refractivity contribution in [2.24, 2.45) is 0 Å². The summed E-state index contributed by atoms with van der Waals surface area (Å²) in [4.78, 5) is 38.6. The van der Waals surface area contributed by atoms with Crippen LogP contribution in [0.4, 0.5) is 0 Å². The number of hydrogen-bond donors (Lipinski definition) is 0. The molecule has 4 heterocycles. The van der Waals surface area contributed by atoms with Crippen LogP contribution >= 0.6 is 22.7 Å². The monoisotopic (exact) mass is 590 g/mol. The van der Waals surface area contributed by atoms with Crippen molar-refractivity contribution < 1.29 is 0 Å². The standard InChI is InChI=1S/C34H30N4O2S2/c39-33-27-13-3-5-15-29(27)35-31(19-17-25-11-9-23-41-25)37(33)21-7-1-2-8-22-38-32(20-18-26-12-10-24-42-26)36-30-16-6-4-14-28(30)34(38)40/h3-6,9-20,23-24H,1-2,7-8,21-22H2/b19-17+,20-18+. The molecule has 6 aromatic rings. The Morgan fingerprint density at radius 2 is 1.00 bits per heavy atom. The van der Waals surface area contributed by atoms with Crippen molar-refractivity contribution in [3.63, 3.8) is 0 Å². The number of benzene rings is 2. The second-order valence-corrected chi connectivity index (χ2v) is 12.0. The van der Waals surface area contributed by atoms with Gasteiger partial charge < -0.3 is 0 Å². The lowest BCUT2D eigenvalue weighted by atomic mass is 10.1. The molecule has 0 atom stereocenters. The fraction of sp³-hybridized carbons (Fsp3) is 0.176. The van der Waals surface area contributed by atoms with Crippen LogP contribution < -0.4 is 11.1 Å². The summed E-state index contributed by atoms with van der Waals surface area (Å²) in [6.07, 6.45) is 11.4. The summed E-state index contributed by atoms with van der Waals surface area (Å²) in [6, 6.07) is 23.1. The van der Waals surface area contributed by atoms with Crippen molar-refractivity contribution in [1.29, 1.82) is 0 Å².